The molecule has 5 heteroatoms. The van der Waals surface area contributed by atoms with Crippen LogP contribution in [-0.2, 0) is 9.53 Å². The molecule has 0 fully saturated rings. The van der Waals surface area contributed by atoms with Gasteiger partial charge >= 0.3 is 5.97 Å². The highest BCUT2D eigenvalue weighted by atomic mass is 16.5. The van der Waals surface area contributed by atoms with Gasteiger partial charge in [-0.25, -0.2) is 4.79 Å². The van der Waals surface area contributed by atoms with Gasteiger partial charge in [0.25, 0.3) is 0 Å². The Morgan fingerprint density at radius 3 is 2.64 bits per heavy atom. The van der Waals surface area contributed by atoms with Crippen LogP contribution in [0, 0.1) is 0 Å². The highest BCUT2D eigenvalue weighted by Crippen LogP contribution is 2.02. The van der Waals surface area contributed by atoms with Gasteiger partial charge in [0.1, 0.15) is 0 Å². The van der Waals surface area contributed by atoms with Gasteiger partial charge in [-0.2, -0.15) is 0 Å². The number of carboxylic acids is 1. The Hall–Kier alpha value is -0.650. The van der Waals surface area contributed by atoms with E-state index < -0.39 is 11.6 Å². The van der Waals surface area contributed by atoms with Gasteiger partial charge < -0.3 is 20.3 Å². The Kier molecular flexibility index (Phi) is 5.68. The fraction of sp³-hybridized carbons (Fsp3) is 0.889. The average Bonchev–Trinajstić information content (AvgIpc) is 2.11. The minimum atomic E-state index is -1.71. The summed E-state index contributed by atoms with van der Waals surface area (Å²) in [7, 11) is 1.61. The zero-order valence-electron chi connectivity index (χ0n) is 8.91. The van der Waals surface area contributed by atoms with Gasteiger partial charge in [-0.1, -0.05) is 0 Å². The number of hydrogen-bond donors (Lipinski definition) is 3. The minimum absolute atomic E-state index is 0.0349. The van der Waals surface area contributed by atoms with Gasteiger partial charge in [0.2, 0.25) is 0 Å². The molecule has 0 spiro atoms. The van der Waals surface area contributed by atoms with E-state index in [2.05, 4.69) is 5.32 Å². The summed E-state index contributed by atoms with van der Waals surface area (Å²) in [6, 6.07) is 0.126. The summed E-state index contributed by atoms with van der Waals surface area (Å²) >= 11 is 0. The lowest BCUT2D eigenvalue weighted by Gasteiger charge is -2.21. The highest BCUT2D eigenvalue weighted by molar-refractivity contribution is 5.76. The van der Waals surface area contributed by atoms with E-state index in [1.807, 2.05) is 6.92 Å². The van der Waals surface area contributed by atoms with Crippen LogP contribution in [0.25, 0.3) is 0 Å². The van der Waals surface area contributed by atoms with Gasteiger partial charge in [0.15, 0.2) is 5.60 Å². The maximum Gasteiger partial charge on any atom is 0.336 e. The predicted octanol–water partition coefficient (Wildman–Crippen LogP) is -0.163. The van der Waals surface area contributed by atoms with E-state index in [-0.39, 0.29) is 12.6 Å². The number of ether oxygens (including phenoxy) is 1. The number of nitrogens with one attached hydrogen (secondary N) is 1. The summed E-state index contributed by atoms with van der Waals surface area (Å²) in [6.45, 7) is 3.83. The first-order chi connectivity index (χ1) is 6.40. The van der Waals surface area contributed by atoms with Crippen molar-refractivity contribution >= 4 is 5.97 Å². The normalized spacial score (nSPS) is 17.4. The molecule has 0 saturated heterocycles. The molecule has 3 N–H and O–H groups in total. The molecule has 14 heavy (non-hydrogen) atoms. The number of aliphatic hydroxyl groups is 1. The van der Waals surface area contributed by atoms with Crippen LogP contribution in [0.4, 0.5) is 0 Å². The van der Waals surface area contributed by atoms with Gasteiger partial charge in [-0.15, -0.1) is 0 Å². The lowest BCUT2D eigenvalue weighted by Crippen LogP contribution is -2.47. The predicted molar refractivity (Wildman–Crippen MR) is 52.2 cm³/mol. The molecule has 84 valence electrons. The van der Waals surface area contributed by atoms with Gasteiger partial charge in [0.05, 0.1) is 0 Å². The summed E-state index contributed by atoms with van der Waals surface area (Å²) in [5.74, 6) is -1.22. The fourth-order valence-corrected chi connectivity index (χ4v) is 0.845. The monoisotopic (exact) mass is 205 g/mol. The molecule has 0 bridgehead atoms. The molecule has 0 rings (SSSR count). The molecular formula is C9H19NO4. The third-order valence-electron chi connectivity index (χ3n) is 2.01. The summed E-state index contributed by atoms with van der Waals surface area (Å²) in [6.07, 6.45) is 0.784. The second-order valence-electron chi connectivity index (χ2n) is 3.64. The fourth-order valence-electron chi connectivity index (χ4n) is 0.845. The van der Waals surface area contributed by atoms with Crippen molar-refractivity contribution in [2.45, 2.75) is 31.9 Å². The molecule has 0 aromatic heterocycles. The Morgan fingerprint density at radius 1 is 1.64 bits per heavy atom. The van der Waals surface area contributed by atoms with Crippen LogP contribution >= 0.6 is 0 Å². The van der Waals surface area contributed by atoms with Crippen molar-refractivity contribution in [3.8, 4) is 0 Å². The summed E-state index contributed by atoms with van der Waals surface area (Å²) < 4.78 is 4.87. The first kappa shape index (κ1) is 13.4. The van der Waals surface area contributed by atoms with Gasteiger partial charge in [0, 0.05) is 26.3 Å². The molecule has 0 aromatic rings. The second kappa shape index (κ2) is 5.95. The molecule has 0 aliphatic carbocycles. The molecule has 0 heterocycles. The lowest BCUT2D eigenvalue weighted by atomic mass is 10.1. The van der Waals surface area contributed by atoms with Crippen molar-refractivity contribution in [1.82, 2.24) is 5.32 Å². The van der Waals surface area contributed by atoms with Crippen molar-refractivity contribution < 1.29 is 19.7 Å². The van der Waals surface area contributed by atoms with E-state index in [9.17, 15) is 9.90 Å². The van der Waals surface area contributed by atoms with E-state index in [4.69, 9.17) is 9.84 Å². The molecule has 5 nitrogen and oxygen atoms in total. The van der Waals surface area contributed by atoms with Gasteiger partial charge in [-0.05, 0) is 20.3 Å². The van der Waals surface area contributed by atoms with Crippen LogP contribution in [0.15, 0.2) is 0 Å². The zero-order chi connectivity index (χ0) is 11.2. The van der Waals surface area contributed by atoms with Crippen LogP contribution in [0.2, 0.25) is 0 Å². The molecule has 0 amide bonds. The molecule has 0 aliphatic rings. The SMILES string of the molecule is COCCC(C)NCC(C)(O)C(=O)O. The van der Waals surface area contributed by atoms with Crippen molar-refractivity contribution in [3.05, 3.63) is 0 Å². The maximum absolute atomic E-state index is 10.5. The van der Waals surface area contributed by atoms with E-state index in [0.717, 1.165) is 6.42 Å². The third-order valence-corrected chi connectivity index (χ3v) is 2.01. The highest BCUT2D eigenvalue weighted by Gasteiger charge is 2.29. The Balaban J connectivity index is 3.75. The number of hydrogen-bond acceptors (Lipinski definition) is 4. The first-order valence-electron chi connectivity index (χ1n) is 4.58. The molecular weight excluding hydrogens is 186 g/mol. The summed E-state index contributed by atoms with van der Waals surface area (Å²) in [4.78, 5) is 10.5. The van der Waals surface area contributed by atoms with Crippen LogP contribution in [0.1, 0.15) is 20.3 Å². The molecule has 0 saturated carbocycles. The van der Waals surface area contributed by atoms with Crippen LogP contribution < -0.4 is 5.32 Å². The smallest absolute Gasteiger partial charge is 0.336 e. The largest absolute Gasteiger partial charge is 0.479 e. The number of methoxy groups -OCH3 is 1. The number of rotatable bonds is 7. The number of carbonyl (C=O) groups is 1. The molecule has 2 unspecified atom stereocenters. The standard InChI is InChI=1S/C9H19NO4/c1-7(4-5-14-3)10-6-9(2,13)8(11)12/h7,10,13H,4-6H2,1-3H3,(H,11,12). The average molecular weight is 205 g/mol. The summed E-state index contributed by atoms with van der Waals surface area (Å²) in [5, 5.41) is 20.9. The minimum Gasteiger partial charge on any atom is -0.479 e. The van der Waals surface area contributed by atoms with Crippen LogP contribution in [0.3, 0.4) is 0 Å². The zero-order valence-corrected chi connectivity index (χ0v) is 8.91. The maximum atomic E-state index is 10.5. The van der Waals surface area contributed by atoms with Crippen LogP contribution in [-0.4, -0.2) is 48.1 Å². The van der Waals surface area contributed by atoms with Crippen molar-refractivity contribution in [2.24, 2.45) is 0 Å². The van der Waals surface area contributed by atoms with Crippen molar-refractivity contribution in [1.29, 1.82) is 0 Å². The van der Waals surface area contributed by atoms with E-state index in [1.165, 1.54) is 6.92 Å². The van der Waals surface area contributed by atoms with E-state index >= 15 is 0 Å². The Bertz CT molecular complexity index is 182. The first-order valence-corrected chi connectivity index (χ1v) is 4.58. The molecule has 2 atom stereocenters. The summed E-state index contributed by atoms with van der Waals surface area (Å²) in [5.41, 5.74) is -1.71. The number of aliphatic carboxylic acids is 1. The third kappa shape index (κ3) is 5.16. The Labute approximate surface area is 84.1 Å². The van der Waals surface area contributed by atoms with E-state index in [1.54, 1.807) is 7.11 Å². The topological polar surface area (TPSA) is 78.8 Å². The van der Waals surface area contributed by atoms with Crippen molar-refractivity contribution in [2.75, 3.05) is 20.3 Å². The quantitative estimate of drug-likeness (QED) is 0.538. The van der Waals surface area contributed by atoms with Crippen molar-refractivity contribution in [3.63, 3.8) is 0 Å². The van der Waals surface area contributed by atoms with Gasteiger partial charge in [-0.3, -0.25) is 0 Å². The van der Waals surface area contributed by atoms with E-state index in [0.29, 0.717) is 6.61 Å². The molecule has 0 aromatic carbocycles. The molecule has 0 radical (unpaired) electrons. The van der Waals surface area contributed by atoms with Crippen LogP contribution in [0.5, 0.6) is 0 Å². The molecule has 0 aliphatic heterocycles. The second-order valence-corrected chi connectivity index (χ2v) is 3.64. The number of carboxylic acid groups (broad SMARTS) is 1. The Morgan fingerprint density at radius 2 is 2.21 bits per heavy atom. The lowest BCUT2D eigenvalue weighted by molar-refractivity contribution is -0.156.